The van der Waals surface area contributed by atoms with Crippen molar-refractivity contribution in [2.24, 2.45) is 22.7 Å². The lowest BCUT2D eigenvalue weighted by molar-refractivity contribution is -0.174. The van der Waals surface area contributed by atoms with E-state index in [2.05, 4.69) is 13.2 Å². The molecule has 30 heavy (non-hydrogen) atoms. The first-order valence-electron chi connectivity index (χ1n) is 9.54. The third-order valence-electron chi connectivity index (χ3n) is 6.31. The maximum atomic E-state index is 12.8. The lowest BCUT2D eigenvalue weighted by Crippen LogP contribution is -2.47. The Morgan fingerprint density at radius 3 is 2.03 bits per heavy atom. The highest BCUT2D eigenvalue weighted by Crippen LogP contribution is 2.57. The molecule has 8 heteroatoms. The topological polar surface area (TPSA) is 105 Å². The number of methoxy groups -OCH3 is 4. The molecule has 164 valence electrons. The van der Waals surface area contributed by atoms with Gasteiger partial charge in [-0.15, -0.1) is 6.58 Å². The van der Waals surface area contributed by atoms with Crippen LogP contribution in [0.3, 0.4) is 0 Å². The van der Waals surface area contributed by atoms with Gasteiger partial charge in [0.05, 0.1) is 28.4 Å². The van der Waals surface area contributed by atoms with E-state index in [0.717, 1.165) is 0 Å². The Morgan fingerprint density at radius 1 is 1.07 bits per heavy atom. The van der Waals surface area contributed by atoms with E-state index in [0.29, 0.717) is 17.6 Å². The van der Waals surface area contributed by atoms with Crippen LogP contribution >= 0.6 is 0 Å². The molecule has 1 saturated carbocycles. The Bertz CT molecular complexity index is 774. The number of allylic oxidation sites excluding steroid dienone is 3. The molecule has 0 bridgehead atoms. The van der Waals surface area contributed by atoms with Crippen molar-refractivity contribution in [2.45, 2.75) is 25.7 Å². The Kier molecular flexibility index (Phi) is 6.90. The summed E-state index contributed by atoms with van der Waals surface area (Å²) in [5.41, 5.74) is -2.08. The molecule has 1 fully saturated rings. The fourth-order valence-corrected chi connectivity index (χ4v) is 4.93. The molecule has 0 aromatic heterocycles. The van der Waals surface area contributed by atoms with Crippen LogP contribution in [-0.2, 0) is 38.1 Å². The van der Waals surface area contributed by atoms with Crippen molar-refractivity contribution < 1.29 is 38.1 Å². The zero-order valence-electron chi connectivity index (χ0n) is 17.8. The van der Waals surface area contributed by atoms with Gasteiger partial charge in [-0.25, -0.2) is 0 Å². The van der Waals surface area contributed by atoms with Crippen LogP contribution in [0.1, 0.15) is 25.7 Å². The van der Waals surface area contributed by atoms with E-state index in [9.17, 15) is 19.2 Å². The Hall–Kier alpha value is -2.90. The Labute approximate surface area is 175 Å². The molecule has 0 aromatic carbocycles. The van der Waals surface area contributed by atoms with Crippen LogP contribution in [0, 0.1) is 22.7 Å². The highest BCUT2D eigenvalue weighted by Gasteiger charge is 2.63. The third kappa shape index (κ3) is 3.24. The average molecular weight is 420 g/mol. The highest BCUT2D eigenvalue weighted by atomic mass is 16.6. The van der Waals surface area contributed by atoms with E-state index in [-0.39, 0.29) is 19.3 Å². The van der Waals surface area contributed by atoms with E-state index in [1.165, 1.54) is 34.5 Å². The SMILES string of the molecule is C=CCC(C(=O)OC)(C(=O)OC)C1=C[C@@H]2C(=C)CC(C(=O)OC)(C(=O)OC)[C@@H]2CC1. The smallest absolute Gasteiger partial charge is 0.327 e. The van der Waals surface area contributed by atoms with E-state index < -0.39 is 46.5 Å². The maximum absolute atomic E-state index is 12.8. The number of hydrogen-bond donors (Lipinski definition) is 0. The Morgan fingerprint density at radius 2 is 1.60 bits per heavy atom. The number of ether oxygens (including phenoxy) is 4. The van der Waals surface area contributed by atoms with Gasteiger partial charge >= 0.3 is 23.9 Å². The molecule has 0 amide bonds. The molecule has 0 aliphatic heterocycles. The first kappa shape index (κ1) is 23.4. The van der Waals surface area contributed by atoms with Crippen LogP contribution in [0.25, 0.3) is 0 Å². The van der Waals surface area contributed by atoms with Crippen LogP contribution in [-0.4, -0.2) is 52.3 Å². The molecular weight excluding hydrogens is 392 g/mol. The average Bonchev–Trinajstić information content (AvgIpc) is 3.07. The minimum absolute atomic E-state index is 0.0127. The molecule has 2 rings (SSSR count). The Balaban J connectivity index is 2.63. The first-order valence-corrected chi connectivity index (χ1v) is 9.54. The maximum Gasteiger partial charge on any atom is 0.327 e. The van der Waals surface area contributed by atoms with Gasteiger partial charge in [-0.05, 0) is 37.2 Å². The summed E-state index contributed by atoms with van der Waals surface area (Å²) in [6, 6.07) is 0. The van der Waals surface area contributed by atoms with Gasteiger partial charge in [-0.1, -0.05) is 24.3 Å². The zero-order valence-corrected chi connectivity index (χ0v) is 17.8. The molecule has 2 aliphatic rings. The summed E-state index contributed by atoms with van der Waals surface area (Å²) >= 11 is 0. The normalized spacial score (nSPS) is 22.3. The van der Waals surface area contributed by atoms with Gasteiger partial charge in [0.1, 0.15) is 0 Å². The lowest BCUT2D eigenvalue weighted by atomic mass is 9.65. The summed E-state index contributed by atoms with van der Waals surface area (Å²) in [6.07, 6.45) is 3.85. The molecule has 0 unspecified atom stereocenters. The standard InChI is InChI=1S/C22H28O8/c1-7-10-21(17(23)27-3,18(24)28-4)14-8-9-16-15(11-14)13(2)12-22(16,19(25)29-5)20(26)30-6/h7,11,15-16H,1-2,8-10,12H2,3-6H3/t15-,16-/m1/s1. The van der Waals surface area contributed by atoms with Crippen LogP contribution in [0.15, 0.2) is 36.5 Å². The van der Waals surface area contributed by atoms with E-state index in [4.69, 9.17) is 18.9 Å². The molecule has 0 aromatic rings. The summed E-state index contributed by atoms with van der Waals surface area (Å²) in [5, 5.41) is 0. The van der Waals surface area contributed by atoms with E-state index in [1.54, 1.807) is 6.08 Å². The molecule has 0 spiro atoms. The molecule has 0 radical (unpaired) electrons. The van der Waals surface area contributed by atoms with E-state index in [1.807, 2.05) is 0 Å². The lowest BCUT2D eigenvalue weighted by Gasteiger charge is -2.38. The summed E-state index contributed by atoms with van der Waals surface area (Å²) in [5.74, 6) is -3.77. The van der Waals surface area contributed by atoms with Crippen molar-refractivity contribution in [3.63, 3.8) is 0 Å². The molecule has 0 saturated heterocycles. The number of fused-ring (bicyclic) bond motifs is 1. The van der Waals surface area contributed by atoms with Gasteiger partial charge in [0.15, 0.2) is 10.8 Å². The van der Waals surface area contributed by atoms with Gasteiger partial charge in [-0.2, -0.15) is 0 Å². The largest absolute Gasteiger partial charge is 0.468 e. The highest BCUT2D eigenvalue weighted by molar-refractivity contribution is 6.04. The van der Waals surface area contributed by atoms with Crippen LogP contribution in [0.5, 0.6) is 0 Å². The van der Waals surface area contributed by atoms with Crippen LogP contribution in [0.4, 0.5) is 0 Å². The van der Waals surface area contributed by atoms with Crippen molar-refractivity contribution >= 4 is 23.9 Å². The molecule has 0 N–H and O–H groups in total. The molecule has 2 atom stereocenters. The predicted octanol–water partition coefficient (Wildman–Crippen LogP) is 2.14. The van der Waals surface area contributed by atoms with Gasteiger partial charge in [0.2, 0.25) is 0 Å². The van der Waals surface area contributed by atoms with Crippen LogP contribution in [0.2, 0.25) is 0 Å². The summed E-state index contributed by atoms with van der Waals surface area (Å²) in [4.78, 5) is 50.9. The number of rotatable bonds is 7. The molecule has 2 aliphatic carbocycles. The summed E-state index contributed by atoms with van der Waals surface area (Å²) in [7, 11) is 4.83. The zero-order chi connectivity index (χ0) is 22.7. The van der Waals surface area contributed by atoms with Gasteiger partial charge < -0.3 is 18.9 Å². The summed E-state index contributed by atoms with van der Waals surface area (Å²) < 4.78 is 19.7. The van der Waals surface area contributed by atoms with Crippen molar-refractivity contribution in [1.82, 2.24) is 0 Å². The number of hydrogen-bond acceptors (Lipinski definition) is 8. The van der Waals surface area contributed by atoms with Crippen LogP contribution < -0.4 is 0 Å². The second-order valence-electron chi connectivity index (χ2n) is 7.53. The van der Waals surface area contributed by atoms with Crippen molar-refractivity contribution in [3.05, 3.63) is 36.5 Å². The van der Waals surface area contributed by atoms with Gasteiger partial charge in [0, 0.05) is 5.92 Å². The van der Waals surface area contributed by atoms with Crippen molar-refractivity contribution in [1.29, 1.82) is 0 Å². The first-order chi connectivity index (χ1) is 14.2. The fourth-order valence-electron chi connectivity index (χ4n) is 4.93. The monoisotopic (exact) mass is 420 g/mol. The van der Waals surface area contributed by atoms with Crippen molar-refractivity contribution in [2.75, 3.05) is 28.4 Å². The number of carbonyl (C=O) groups is 4. The molecular formula is C22H28O8. The fraction of sp³-hybridized carbons (Fsp3) is 0.545. The second-order valence-corrected chi connectivity index (χ2v) is 7.53. The predicted molar refractivity (Wildman–Crippen MR) is 106 cm³/mol. The summed E-state index contributed by atoms with van der Waals surface area (Å²) in [6.45, 7) is 7.71. The molecule has 8 nitrogen and oxygen atoms in total. The van der Waals surface area contributed by atoms with Gasteiger partial charge in [-0.3, -0.25) is 19.2 Å². The second kappa shape index (κ2) is 8.85. The molecule has 0 heterocycles. The van der Waals surface area contributed by atoms with E-state index >= 15 is 0 Å². The quantitative estimate of drug-likeness (QED) is 0.267. The number of esters is 4. The van der Waals surface area contributed by atoms with Crippen molar-refractivity contribution in [3.8, 4) is 0 Å². The minimum atomic E-state index is -1.68. The van der Waals surface area contributed by atoms with Gasteiger partial charge in [0.25, 0.3) is 0 Å². The third-order valence-corrected chi connectivity index (χ3v) is 6.31. The number of carbonyl (C=O) groups excluding carboxylic acids is 4. The minimum Gasteiger partial charge on any atom is -0.468 e.